The van der Waals surface area contributed by atoms with Crippen LogP contribution < -0.4 is 9.47 Å². The maximum absolute atomic E-state index is 6.37. The van der Waals surface area contributed by atoms with Gasteiger partial charge < -0.3 is 9.47 Å². The van der Waals surface area contributed by atoms with Crippen LogP contribution in [0.1, 0.15) is 102 Å². The summed E-state index contributed by atoms with van der Waals surface area (Å²) in [7, 11) is -0.590. The first kappa shape index (κ1) is 29.5. The average molecular weight is 545 g/mol. The maximum Gasteiger partial charge on any atom is 0.122 e. The Labute approximate surface area is 238 Å². The predicted molar refractivity (Wildman–Crippen MR) is 173 cm³/mol. The van der Waals surface area contributed by atoms with Crippen LogP contribution in [0.2, 0.25) is 0 Å². The van der Waals surface area contributed by atoms with E-state index in [0.29, 0.717) is 0 Å². The molecule has 0 fully saturated rings. The molecule has 2 nitrogen and oxygen atoms in total. The van der Waals surface area contributed by atoms with Crippen molar-refractivity contribution in [2.45, 2.75) is 105 Å². The molecule has 4 aromatic rings. The highest BCUT2D eigenvalue weighted by Gasteiger charge is 2.18. The molecular formula is C36H49O2P. The number of aryl methyl sites for hydroxylation is 2. The first-order chi connectivity index (χ1) is 19.1. The van der Waals surface area contributed by atoms with Gasteiger partial charge in [-0.15, -0.1) is 0 Å². The van der Waals surface area contributed by atoms with Crippen molar-refractivity contribution >= 4 is 28.5 Å². The van der Waals surface area contributed by atoms with E-state index in [-0.39, 0.29) is 0 Å². The maximum atomic E-state index is 6.37. The summed E-state index contributed by atoms with van der Waals surface area (Å²) in [6, 6.07) is 20.5. The average Bonchev–Trinajstić information content (AvgIpc) is 3.24. The van der Waals surface area contributed by atoms with Gasteiger partial charge in [-0.1, -0.05) is 116 Å². The summed E-state index contributed by atoms with van der Waals surface area (Å²) in [6.07, 6.45) is 15.4. The van der Waals surface area contributed by atoms with Gasteiger partial charge in [-0.05, 0) is 78.2 Å². The molecule has 1 heterocycles. The van der Waals surface area contributed by atoms with Crippen LogP contribution in [0.3, 0.4) is 0 Å². The lowest BCUT2D eigenvalue weighted by molar-refractivity contribution is 0.302. The number of ether oxygens (including phenoxy) is 2. The lowest BCUT2D eigenvalue weighted by Crippen LogP contribution is -1.99. The van der Waals surface area contributed by atoms with E-state index in [1.165, 1.54) is 102 Å². The number of unbranched alkanes of at least 4 members (excludes halogenated alkanes) is 10. The molecule has 0 bridgehead atoms. The zero-order valence-corrected chi connectivity index (χ0v) is 25.8. The minimum atomic E-state index is -0.590. The predicted octanol–water partition coefficient (Wildman–Crippen LogP) is 12.1. The van der Waals surface area contributed by atoms with Crippen molar-refractivity contribution in [3.63, 3.8) is 0 Å². The van der Waals surface area contributed by atoms with Crippen molar-refractivity contribution in [3.05, 3.63) is 65.7 Å². The lowest BCUT2D eigenvalue weighted by Gasteiger charge is -2.11. The quantitative estimate of drug-likeness (QED) is 0.123. The third-order valence-corrected chi connectivity index (χ3v) is 10.4. The monoisotopic (exact) mass is 544 g/mol. The molecule has 3 aromatic carbocycles. The molecule has 210 valence electrons. The molecule has 0 N–H and O–H groups in total. The zero-order valence-electron chi connectivity index (χ0n) is 24.9. The highest BCUT2D eigenvalue weighted by Crippen LogP contribution is 2.57. The fourth-order valence-electron chi connectivity index (χ4n) is 5.57. The van der Waals surface area contributed by atoms with Crippen LogP contribution in [0.15, 0.2) is 54.6 Å². The number of hydrogen-bond acceptors (Lipinski definition) is 2. The minimum absolute atomic E-state index is 0.590. The molecule has 0 aliphatic rings. The zero-order chi connectivity index (χ0) is 27.5. The third kappa shape index (κ3) is 7.82. The number of hydrogen-bond donors (Lipinski definition) is 0. The van der Waals surface area contributed by atoms with Crippen molar-refractivity contribution in [2.75, 3.05) is 13.2 Å². The Hall–Kier alpha value is -2.44. The molecule has 0 atom stereocenters. The number of benzene rings is 3. The Balaban J connectivity index is 1.60. The molecule has 0 unspecified atom stereocenters. The Kier molecular flexibility index (Phi) is 11.6. The van der Waals surface area contributed by atoms with Crippen LogP contribution in [-0.4, -0.2) is 13.2 Å². The summed E-state index contributed by atoms with van der Waals surface area (Å²) >= 11 is 0. The van der Waals surface area contributed by atoms with Gasteiger partial charge >= 0.3 is 0 Å². The molecule has 1 aromatic heterocycles. The van der Waals surface area contributed by atoms with Gasteiger partial charge in [0.1, 0.15) is 11.5 Å². The van der Waals surface area contributed by atoms with Crippen LogP contribution in [0, 0.1) is 13.8 Å². The largest absolute Gasteiger partial charge is 0.493 e. The molecule has 0 aliphatic carbocycles. The van der Waals surface area contributed by atoms with Gasteiger partial charge in [-0.3, -0.25) is 0 Å². The fraction of sp³-hybridized carbons (Fsp3) is 0.500. The Morgan fingerprint density at radius 2 is 0.974 bits per heavy atom. The SMILES string of the molecule is CCCCCCCCOc1cc2c3cc(OCCCCCCCC)c(C)cc3p(-c3ccccc3)c2cc1C. The summed E-state index contributed by atoms with van der Waals surface area (Å²) in [6.45, 7) is 10.6. The van der Waals surface area contributed by atoms with Crippen molar-refractivity contribution in [1.29, 1.82) is 0 Å². The smallest absolute Gasteiger partial charge is 0.122 e. The first-order valence-electron chi connectivity index (χ1n) is 15.5. The summed E-state index contributed by atoms with van der Waals surface area (Å²) in [5.74, 6) is 2.07. The molecule has 0 saturated heterocycles. The standard InChI is InChI=1S/C36H49O2P/c1-5-7-9-11-13-18-22-37-33-26-31-32-27-34(38-23-19-14-12-10-8-6-2)29(4)25-36(32)39(35(31)24-28(33)3)30-20-16-15-17-21-30/h15-17,20-21,24-27H,5-14,18-19,22-23H2,1-4H3. The summed E-state index contributed by atoms with van der Waals surface area (Å²) in [5, 5.41) is 6.96. The molecule has 0 amide bonds. The molecular weight excluding hydrogens is 495 g/mol. The molecule has 39 heavy (non-hydrogen) atoms. The van der Waals surface area contributed by atoms with Gasteiger partial charge in [0.25, 0.3) is 0 Å². The van der Waals surface area contributed by atoms with Crippen molar-refractivity contribution in [3.8, 4) is 16.8 Å². The first-order valence-corrected chi connectivity index (χ1v) is 16.9. The Morgan fingerprint density at radius 3 is 1.44 bits per heavy atom. The summed E-state index contributed by atoms with van der Waals surface area (Å²) in [4.78, 5) is 0. The summed E-state index contributed by atoms with van der Waals surface area (Å²) < 4.78 is 12.7. The minimum Gasteiger partial charge on any atom is -0.493 e. The molecule has 0 aliphatic heterocycles. The van der Waals surface area contributed by atoms with Crippen LogP contribution in [-0.2, 0) is 0 Å². The van der Waals surface area contributed by atoms with E-state index in [2.05, 4.69) is 82.3 Å². The molecule has 0 radical (unpaired) electrons. The van der Waals surface area contributed by atoms with E-state index in [1.54, 1.807) is 0 Å². The van der Waals surface area contributed by atoms with Gasteiger partial charge in [0.05, 0.1) is 13.2 Å². The second-order valence-corrected chi connectivity index (χ2v) is 13.3. The Morgan fingerprint density at radius 1 is 0.538 bits per heavy atom. The van der Waals surface area contributed by atoms with Gasteiger partial charge in [0.15, 0.2) is 0 Å². The van der Waals surface area contributed by atoms with E-state index in [9.17, 15) is 0 Å². The highest BCUT2D eigenvalue weighted by atomic mass is 31.1. The van der Waals surface area contributed by atoms with Crippen LogP contribution in [0.25, 0.3) is 26.3 Å². The van der Waals surface area contributed by atoms with Gasteiger partial charge in [-0.2, -0.15) is 0 Å². The van der Waals surface area contributed by atoms with Crippen LogP contribution in [0.4, 0.5) is 0 Å². The van der Waals surface area contributed by atoms with Gasteiger partial charge in [-0.25, -0.2) is 0 Å². The molecule has 4 rings (SSSR count). The van der Waals surface area contributed by atoms with E-state index in [0.717, 1.165) is 37.6 Å². The third-order valence-electron chi connectivity index (χ3n) is 7.88. The number of rotatable bonds is 17. The fourth-order valence-corrected chi connectivity index (χ4v) is 8.36. The van der Waals surface area contributed by atoms with Gasteiger partial charge in [0, 0.05) is 10.2 Å². The van der Waals surface area contributed by atoms with Crippen molar-refractivity contribution in [2.24, 2.45) is 0 Å². The van der Waals surface area contributed by atoms with Crippen molar-refractivity contribution < 1.29 is 9.47 Å². The van der Waals surface area contributed by atoms with E-state index in [4.69, 9.17) is 9.47 Å². The molecule has 0 spiro atoms. The van der Waals surface area contributed by atoms with Crippen molar-refractivity contribution in [1.82, 2.24) is 0 Å². The summed E-state index contributed by atoms with van der Waals surface area (Å²) in [5.41, 5.74) is 2.49. The molecule has 3 heteroatoms. The second-order valence-electron chi connectivity index (χ2n) is 11.2. The Bertz CT molecular complexity index is 1220. The van der Waals surface area contributed by atoms with E-state index in [1.807, 2.05) is 0 Å². The van der Waals surface area contributed by atoms with E-state index < -0.39 is 7.53 Å². The van der Waals surface area contributed by atoms with Crippen LogP contribution in [0.5, 0.6) is 11.5 Å². The number of fused-ring (bicyclic) bond motifs is 3. The van der Waals surface area contributed by atoms with Gasteiger partial charge in [0.2, 0.25) is 0 Å². The highest BCUT2D eigenvalue weighted by molar-refractivity contribution is 7.67. The topological polar surface area (TPSA) is 18.5 Å². The van der Waals surface area contributed by atoms with Crippen LogP contribution >= 0.6 is 7.53 Å². The second kappa shape index (κ2) is 15.4. The van der Waals surface area contributed by atoms with E-state index >= 15 is 0 Å². The normalized spacial score (nSPS) is 11.5. The molecule has 0 saturated carbocycles. The lowest BCUT2D eigenvalue weighted by atomic mass is 10.1.